The van der Waals surface area contributed by atoms with E-state index in [1.165, 1.54) is 24.8 Å². The zero-order valence-electron chi connectivity index (χ0n) is 12.5. The number of nitrogens with one attached hydrogen (secondary N) is 1. The molecule has 0 aromatic carbocycles. The molecule has 0 atom stereocenters. The summed E-state index contributed by atoms with van der Waals surface area (Å²) in [5.41, 5.74) is 1.20. The number of aromatic nitrogens is 2. The molecule has 106 valence electrons. The van der Waals surface area contributed by atoms with Crippen molar-refractivity contribution in [2.24, 2.45) is 0 Å². The van der Waals surface area contributed by atoms with Crippen molar-refractivity contribution in [3.8, 4) is 0 Å². The fraction of sp³-hybridized carbons (Fsp3) is 0.733. The maximum Gasteiger partial charge on any atom is 0.137 e. The molecule has 1 aliphatic rings. The third-order valence-corrected chi connectivity index (χ3v) is 3.68. The maximum absolute atomic E-state index is 4.76. The van der Waals surface area contributed by atoms with Gasteiger partial charge < -0.3 is 10.2 Å². The lowest BCUT2D eigenvalue weighted by Gasteiger charge is -2.29. The van der Waals surface area contributed by atoms with Crippen LogP contribution in [0.2, 0.25) is 0 Å². The van der Waals surface area contributed by atoms with Crippen LogP contribution >= 0.6 is 0 Å². The second-order valence-corrected chi connectivity index (χ2v) is 5.27. The van der Waals surface area contributed by atoms with Gasteiger partial charge in [0, 0.05) is 31.6 Å². The molecule has 19 heavy (non-hydrogen) atoms. The first-order chi connectivity index (χ1) is 9.26. The summed E-state index contributed by atoms with van der Waals surface area (Å²) in [6, 6.07) is 0. The van der Waals surface area contributed by atoms with Crippen LogP contribution in [0.5, 0.6) is 0 Å². The second kappa shape index (κ2) is 6.73. The van der Waals surface area contributed by atoms with Gasteiger partial charge in [0.15, 0.2) is 0 Å². The Balaban J connectivity index is 2.29. The van der Waals surface area contributed by atoms with Gasteiger partial charge in [0.25, 0.3) is 0 Å². The molecule has 1 aromatic heterocycles. The van der Waals surface area contributed by atoms with Gasteiger partial charge in [-0.25, -0.2) is 9.97 Å². The van der Waals surface area contributed by atoms with E-state index in [0.29, 0.717) is 0 Å². The van der Waals surface area contributed by atoms with Crippen molar-refractivity contribution in [1.82, 2.24) is 9.97 Å². The molecule has 0 amide bonds. The molecule has 4 heteroatoms. The molecule has 0 unspecified atom stereocenters. The Morgan fingerprint density at radius 2 is 1.84 bits per heavy atom. The van der Waals surface area contributed by atoms with Crippen LogP contribution in [0.3, 0.4) is 0 Å². The molecule has 0 aliphatic carbocycles. The van der Waals surface area contributed by atoms with Crippen LogP contribution in [-0.4, -0.2) is 29.6 Å². The number of hydrogen-bond acceptors (Lipinski definition) is 4. The normalized spacial score (nSPS) is 15.6. The Kier molecular flexibility index (Phi) is 5.00. The van der Waals surface area contributed by atoms with Crippen molar-refractivity contribution >= 4 is 11.6 Å². The van der Waals surface area contributed by atoms with Gasteiger partial charge in [0.05, 0.1) is 0 Å². The highest BCUT2D eigenvalue weighted by Gasteiger charge is 2.18. The van der Waals surface area contributed by atoms with Crippen LogP contribution in [0, 0.1) is 6.92 Å². The molecular formula is C15H26N4. The summed E-state index contributed by atoms with van der Waals surface area (Å²) >= 11 is 0. The van der Waals surface area contributed by atoms with E-state index < -0.39 is 0 Å². The van der Waals surface area contributed by atoms with Crippen LogP contribution in [-0.2, 0) is 6.42 Å². The van der Waals surface area contributed by atoms with E-state index in [1.54, 1.807) is 0 Å². The molecule has 1 N–H and O–H groups in total. The van der Waals surface area contributed by atoms with Gasteiger partial charge in [0.2, 0.25) is 0 Å². The minimum absolute atomic E-state index is 0.891. The van der Waals surface area contributed by atoms with Crippen molar-refractivity contribution in [2.75, 3.05) is 29.9 Å². The van der Waals surface area contributed by atoms with E-state index in [-0.39, 0.29) is 0 Å². The largest absolute Gasteiger partial charge is 0.370 e. The summed E-state index contributed by atoms with van der Waals surface area (Å²) in [7, 11) is 0. The molecular weight excluding hydrogens is 236 g/mol. The van der Waals surface area contributed by atoms with Crippen LogP contribution in [0.1, 0.15) is 50.9 Å². The molecule has 1 fully saturated rings. The van der Waals surface area contributed by atoms with Crippen LogP contribution in [0.15, 0.2) is 0 Å². The number of anilines is 2. The smallest absolute Gasteiger partial charge is 0.137 e. The van der Waals surface area contributed by atoms with Crippen molar-refractivity contribution in [2.45, 2.75) is 52.9 Å². The zero-order valence-corrected chi connectivity index (χ0v) is 12.5. The Morgan fingerprint density at radius 3 is 2.47 bits per heavy atom. The average molecular weight is 262 g/mol. The quantitative estimate of drug-likeness (QED) is 0.885. The van der Waals surface area contributed by atoms with E-state index in [0.717, 1.165) is 49.9 Å². The minimum atomic E-state index is 0.891. The van der Waals surface area contributed by atoms with E-state index >= 15 is 0 Å². The van der Waals surface area contributed by atoms with Crippen molar-refractivity contribution < 1.29 is 0 Å². The molecule has 1 aromatic rings. The Hall–Kier alpha value is -1.32. The third-order valence-electron chi connectivity index (χ3n) is 3.68. The lowest BCUT2D eigenvalue weighted by Crippen LogP contribution is -2.31. The number of nitrogens with zero attached hydrogens (tertiary/aromatic N) is 3. The highest BCUT2D eigenvalue weighted by molar-refractivity contribution is 5.58. The van der Waals surface area contributed by atoms with Gasteiger partial charge in [-0.2, -0.15) is 0 Å². The third kappa shape index (κ3) is 3.37. The summed E-state index contributed by atoms with van der Waals surface area (Å²) < 4.78 is 0. The average Bonchev–Trinajstić information content (AvgIpc) is 2.47. The monoisotopic (exact) mass is 262 g/mol. The molecule has 1 saturated heterocycles. The molecule has 1 aliphatic heterocycles. The predicted octanol–water partition coefficient (Wildman–Crippen LogP) is 3.16. The van der Waals surface area contributed by atoms with E-state index in [2.05, 4.69) is 36.0 Å². The Labute approximate surface area is 116 Å². The van der Waals surface area contributed by atoms with Crippen molar-refractivity contribution in [3.05, 3.63) is 11.4 Å². The second-order valence-electron chi connectivity index (χ2n) is 5.27. The minimum Gasteiger partial charge on any atom is -0.370 e. The van der Waals surface area contributed by atoms with Gasteiger partial charge >= 0.3 is 0 Å². The Bertz CT molecular complexity index is 411. The van der Waals surface area contributed by atoms with Gasteiger partial charge in [0.1, 0.15) is 17.5 Å². The highest BCUT2D eigenvalue weighted by atomic mass is 15.2. The van der Waals surface area contributed by atoms with Crippen molar-refractivity contribution in [1.29, 1.82) is 0 Å². The van der Waals surface area contributed by atoms with Crippen molar-refractivity contribution in [3.63, 3.8) is 0 Å². The maximum atomic E-state index is 4.76. The highest BCUT2D eigenvalue weighted by Crippen LogP contribution is 2.26. The first kappa shape index (κ1) is 14.1. The SMILES string of the molecule is CCCNc1nc(CC)nc(N2CCCCC2)c1C. The fourth-order valence-corrected chi connectivity index (χ4v) is 2.54. The first-order valence-corrected chi connectivity index (χ1v) is 7.62. The van der Waals surface area contributed by atoms with Gasteiger partial charge in [-0.15, -0.1) is 0 Å². The molecule has 0 bridgehead atoms. The number of aryl methyl sites for hydroxylation is 1. The summed E-state index contributed by atoms with van der Waals surface area (Å²) in [6.07, 6.45) is 5.92. The summed E-state index contributed by atoms with van der Waals surface area (Å²) in [5.74, 6) is 3.12. The van der Waals surface area contributed by atoms with Gasteiger partial charge in [-0.1, -0.05) is 13.8 Å². The summed E-state index contributed by atoms with van der Waals surface area (Å²) in [5, 5.41) is 3.44. The molecule has 0 saturated carbocycles. The molecule has 2 rings (SSSR count). The van der Waals surface area contributed by atoms with Crippen LogP contribution in [0.4, 0.5) is 11.6 Å². The topological polar surface area (TPSA) is 41.1 Å². The molecule has 4 nitrogen and oxygen atoms in total. The van der Waals surface area contributed by atoms with Crippen LogP contribution in [0.25, 0.3) is 0 Å². The summed E-state index contributed by atoms with van der Waals surface area (Å²) in [4.78, 5) is 11.8. The van der Waals surface area contributed by atoms with Crippen LogP contribution < -0.4 is 10.2 Å². The summed E-state index contributed by atoms with van der Waals surface area (Å²) in [6.45, 7) is 9.67. The standard InChI is InChI=1S/C15H26N4/c1-4-9-16-14-12(3)15(18-13(5-2)17-14)19-10-7-6-8-11-19/h4-11H2,1-3H3,(H,16,17,18). The number of piperidine rings is 1. The van der Waals surface area contributed by atoms with E-state index in [4.69, 9.17) is 4.98 Å². The number of hydrogen-bond donors (Lipinski definition) is 1. The van der Waals surface area contributed by atoms with Gasteiger partial charge in [-0.3, -0.25) is 0 Å². The first-order valence-electron chi connectivity index (χ1n) is 7.62. The number of rotatable bonds is 5. The van der Waals surface area contributed by atoms with E-state index in [9.17, 15) is 0 Å². The predicted molar refractivity (Wildman–Crippen MR) is 81.0 cm³/mol. The Morgan fingerprint density at radius 1 is 1.11 bits per heavy atom. The molecule has 0 radical (unpaired) electrons. The zero-order chi connectivity index (χ0) is 13.7. The lowest BCUT2D eigenvalue weighted by atomic mass is 10.1. The fourth-order valence-electron chi connectivity index (χ4n) is 2.54. The van der Waals surface area contributed by atoms with Gasteiger partial charge in [-0.05, 0) is 32.6 Å². The molecule has 0 spiro atoms. The lowest BCUT2D eigenvalue weighted by molar-refractivity contribution is 0.571. The van der Waals surface area contributed by atoms with E-state index in [1.807, 2.05) is 0 Å². The molecule has 2 heterocycles.